The molecular formula is C13H19FN2O2. The molecule has 0 radical (unpaired) electrons. The minimum atomic E-state index is -0.808. The van der Waals surface area contributed by atoms with Crippen molar-refractivity contribution in [2.45, 2.75) is 26.9 Å². The molecule has 0 spiro atoms. The third-order valence-electron chi connectivity index (χ3n) is 2.83. The molecule has 0 bridgehead atoms. The van der Waals surface area contributed by atoms with Crippen molar-refractivity contribution in [1.82, 2.24) is 0 Å². The minimum absolute atomic E-state index is 0.0429. The van der Waals surface area contributed by atoms with E-state index < -0.39 is 12.0 Å². The van der Waals surface area contributed by atoms with Crippen LogP contribution >= 0.6 is 0 Å². The minimum Gasteiger partial charge on any atom is -0.389 e. The fraction of sp³-hybridized carbons (Fsp3) is 0.462. The normalized spacial score (nSPS) is 12.3. The Bertz CT molecular complexity index is 447. The second kappa shape index (κ2) is 5.82. The van der Waals surface area contributed by atoms with Crippen molar-refractivity contribution in [2.75, 3.05) is 18.0 Å². The summed E-state index contributed by atoms with van der Waals surface area (Å²) in [6, 6.07) is 2.93. The summed E-state index contributed by atoms with van der Waals surface area (Å²) in [5, 5.41) is 9.69. The predicted octanol–water partition coefficient (Wildman–Crippen LogP) is 1.50. The predicted molar refractivity (Wildman–Crippen MR) is 68.9 cm³/mol. The van der Waals surface area contributed by atoms with Gasteiger partial charge < -0.3 is 15.7 Å². The van der Waals surface area contributed by atoms with E-state index in [1.807, 2.05) is 6.92 Å². The number of halogens is 1. The molecule has 1 amide bonds. The first-order valence-corrected chi connectivity index (χ1v) is 5.88. The SMILES string of the molecule is CCN(CC(N)=O)c1cc(C)c(F)cc1[C@H](C)O. The standard InChI is InChI=1S/C13H19FN2O2/c1-4-16(7-13(15)18)12-5-8(2)11(14)6-10(12)9(3)17/h5-6,9,17H,4,7H2,1-3H3,(H2,15,18)/t9-/m0/s1. The van der Waals surface area contributed by atoms with E-state index in [9.17, 15) is 14.3 Å². The lowest BCUT2D eigenvalue weighted by atomic mass is 10.0. The first-order chi connectivity index (χ1) is 8.36. The van der Waals surface area contributed by atoms with E-state index in [4.69, 9.17) is 5.73 Å². The highest BCUT2D eigenvalue weighted by atomic mass is 19.1. The Morgan fingerprint density at radius 1 is 1.56 bits per heavy atom. The molecule has 1 rings (SSSR count). The molecule has 100 valence electrons. The first-order valence-electron chi connectivity index (χ1n) is 5.88. The van der Waals surface area contributed by atoms with Gasteiger partial charge in [0.25, 0.3) is 0 Å². The van der Waals surface area contributed by atoms with E-state index in [0.717, 1.165) is 0 Å². The number of benzene rings is 1. The number of nitrogens with zero attached hydrogens (tertiary/aromatic N) is 1. The van der Waals surface area contributed by atoms with Gasteiger partial charge in [-0.3, -0.25) is 4.79 Å². The monoisotopic (exact) mass is 254 g/mol. The van der Waals surface area contributed by atoms with Gasteiger partial charge in [0.1, 0.15) is 5.82 Å². The first kappa shape index (κ1) is 14.4. The van der Waals surface area contributed by atoms with Gasteiger partial charge in [-0.15, -0.1) is 0 Å². The molecule has 1 aromatic carbocycles. The highest BCUT2D eigenvalue weighted by Gasteiger charge is 2.17. The largest absolute Gasteiger partial charge is 0.389 e. The van der Waals surface area contributed by atoms with Crippen molar-refractivity contribution in [3.8, 4) is 0 Å². The van der Waals surface area contributed by atoms with Crippen LogP contribution in [0.4, 0.5) is 10.1 Å². The second-order valence-corrected chi connectivity index (χ2v) is 4.32. The maximum Gasteiger partial charge on any atom is 0.236 e. The number of primary amides is 1. The van der Waals surface area contributed by atoms with Crippen LogP contribution in [0, 0.1) is 12.7 Å². The number of amides is 1. The summed E-state index contributed by atoms with van der Waals surface area (Å²) < 4.78 is 13.5. The fourth-order valence-electron chi connectivity index (χ4n) is 1.85. The smallest absolute Gasteiger partial charge is 0.236 e. The van der Waals surface area contributed by atoms with Crippen LogP contribution in [0.2, 0.25) is 0 Å². The molecule has 0 fully saturated rings. The molecule has 18 heavy (non-hydrogen) atoms. The van der Waals surface area contributed by atoms with E-state index in [1.165, 1.54) is 6.07 Å². The molecule has 4 nitrogen and oxygen atoms in total. The molecule has 1 atom stereocenters. The van der Waals surface area contributed by atoms with Gasteiger partial charge in [0.05, 0.1) is 12.6 Å². The number of carbonyl (C=O) groups excluding carboxylic acids is 1. The van der Waals surface area contributed by atoms with Crippen molar-refractivity contribution in [3.05, 3.63) is 29.1 Å². The molecule has 0 aliphatic rings. The Kier molecular flexibility index (Phi) is 4.67. The number of hydrogen-bond donors (Lipinski definition) is 2. The topological polar surface area (TPSA) is 66.6 Å². The van der Waals surface area contributed by atoms with Crippen LogP contribution in [0.25, 0.3) is 0 Å². The molecule has 0 heterocycles. The van der Waals surface area contributed by atoms with Crippen molar-refractivity contribution < 1.29 is 14.3 Å². The number of aliphatic hydroxyl groups excluding tert-OH is 1. The van der Waals surface area contributed by atoms with Gasteiger partial charge in [0.15, 0.2) is 0 Å². The van der Waals surface area contributed by atoms with Gasteiger partial charge in [-0.2, -0.15) is 0 Å². The van der Waals surface area contributed by atoms with Crippen molar-refractivity contribution in [2.24, 2.45) is 5.73 Å². The van der Waals surface area contributed by atoms with Gasteiger partial charge in [-0.05, 0) is 38.5 Å². The lowest BCUT2D eigenvalue weighted by Gasteiger charge is -2.26. The second-order valence-electron chi connectivity index (χ2n) is 4.32. The Morgan fingerprint density at radius 2 is 2.17 bits per heavy atom. The van der Waals surface area contributed by atoms with Gasteiger partial charge in [0.2, 0.25) is 5.91 Å². The summed E-state index contributed by atoms with van der Waals surface area (Å²) >= 11 is 0. The third kappa shape index (κ3) is 3.20. The third-order valence-corrected chi connectivity index (χ3v) is 2.83. The van der Waals surface area contributed by atoms with Gasteiger partial charge in [-0.1, -0.05) is 0 Å². The van der Waals surface area contributed by atoms with Crippen LogP contribution in [-0.4, -0.2) is 24.1 Å². The summed E-state index contributed by atoms with van der Waals surface area (Å²) in [4.78, 5) is 12.7. The molecule has 5 heteroatoms. The fourth-order valence-corrected chi connectivity index (χ4v) is 1.85. The van der Waals surface area contributed by atoms with Gasteiger partial charge >= 0.3 is 0 Å². The summed E-state index contributed by atoms with van der Waals surface area (Å²) in [6.07, 6.45) is -0.808. The summed E-state index contributed by atoms with van der Waals surface area (Å²) in [6.45, 7) is 5.66. The Balaban J connectivity index is 3.26. The van der Waals surface area contributed by atoms with E-state index in [2.05, 4.69) is 0 Å². The van der Waals surface area contributed by atoms with Crippen molar-refractivity contribution in [3.63, 3.8) is 0 Å². The highest BCUT2D eigenvalue weighted by Crippen LogP contribution is 2.29. The van der Waals surface area contributed by atoms with E-state index in [-0.39, 0.29) is 12.4 Å². The molecule has 0 aliphatic heterocycles. The van der Waals surface area contributed by atoms with Crippen LogP contribution < -0.4 is 10.6 Å². The number of aryl methyl sites for hydroxylation is 1. The molecule has 3 N–H and O–H groups in total. The summed E-state index contributed by atoms with van der Waals surface area (Å²) in [7, 11) is 0. The molecule has 1 aromatic rings. The van der Waals surface area contributed by atoms with Crippen LogP contribution in [0.15, 0.2) is 12.1 Å². The van der Waals surface area contributed by atoms with Crippen LogP contribution in [-0.2, 0) is 4.79 Å². The van der Waals surface area contributed by atoms with E-state index in [1.54, 1.807) is 24.8 Å². The number of aliphatic hydroxyl groups is 1. The molecular weight excluding hydrogens is 235 g/mol. The maximum atomic E-state index is 13.5. The van der Waals surface area contributed by atoms with Gasteiger partial charge in [0, 0.05) is 17.8 Å². The average molecular weight is 254 g/mol. The molecule has 0 aromatic heterocycles. The molecule has 0 unspecified atom stereocenters. The quantitative estimate of drug-likeness (QED) is 0.836. The zero-order chi connectivity index (χ0) is 13.9. The van der Waals surface area contributed by atoms with Gasteiger partial charge in [-0.25, -0.2) is 4.39 Å². The van der Waals surface area contributed by atoms with Crippen LogP contribution in [0.3, 0.4) is 0 Å². The number of likely N-dealkylation sites (N-methyl/N-ethyl adjacent to an activating group) is 1. The number of carbonyl (C=O) groups is 1. The summed E-state index contributed by atoms with van der Waals surface area (Å²) in [5.74, 6) is -0.833. The zero-order valence-corrected chi connectivity index (χ0v) is 10.9. The maximum absolute atomic E-state index is 13.5. The average Bonchev–Trinajstić information content (AvgIpc) is 2.28. The van der Waals surface area contributed by atoms with E-state index in [0.29, 0.717) is 23.4 Å². The molecule has 0 aliphatic carbocycles. The molecule has 0 saturated heterocycles. The zero-order valence-electron chi connectivity index (χ0n) is 10.9. The van der Waals surface area contributed by atoms with E-state index >= 15 is 0 Å². The van der Waals surface area contributed by atoms with Crippen LogP contribution in [0.5, 0.6) is 0 Å². The number of rotatable bonds is 5. The van der Waals surface area contributed by atoms with Crippen molar-refractivity contribution >= 4 is 11.6 Å². The number of nitrogens with two attached hydrogens (primary N) is 1. The number of hydrogen-bond acceptors (Lipinski definition) is 3. The lowest BCUT2D eigenvalue weighted by molar-refractivity contribution is -0.116. The Hall–Kier alpha value is -1.62. The Morgan fingerprint density at radius 3 is 2.61 bits per heavy atom. The summed E-state index contributed by atoms with van der Waals surface area (Å²) in [5.41, 5.74) is 6.76. The van der Waals surface area contributed by atoms with Crippen molar-refractivity contribution in [1.29, 1.82) is 0 Å². The van der Waals surface area contributed by atoms with Crippen LogP contribution in [0.1, 0.15) is 31.1 Å². The highest BCUT2D eigenvalue weighted by molar-refractivity contribution is 5.80. The Labute approximate surface area is 106 Å². The molecule has 0 saturated carbocycles. The number of anilines is 1. The lowest BCUT2D eigenvalue weighted by Crippen LogP contribution is -2.34.